The lowest BCUT2D eigenvalue weighted by Crippen LogP contribution is -2.41. The Morgan fingerprint density at radius 3 is 1.89 bits per heavy atom. The second-order valence-electron chi connectivity index (χ2n) is 13.2. The van der Waals surface area contributed by atoms with Gasteiger partial charge in [-0.2, -0.15) is 5.10 Å². The molecule has 2 heterocycles. The zero-order valence-electron chi connectivity index (χ0n) is 24.1. The molecule has 0 atom stereocenters. The summed E-state index contributed by atoms with van der Waals surface area (Å²) in [5.41, 5.74) is 4.53. The van der Waals surface area contributed by atoms with Gasteiger partial charge in [0.15, 0.2) is 0 Å². The molecule has 2 aromatic carbocycles. The van der Waals surface area contributed by atoms with Gasteiger partial charge in [0.1, 0.15) is 0 Å². The molecule has 0 unspecified atom stereocenters. The van der Waals surface area contributed by atoms with Gasteiger partial charge in [0.05, 0.1) is 28.9 Å². The van der Waals surface area contributed by atoms with E-state index < -0.39 is 5.41 Å². The molecular formula is C31H43BN2O3. The second-order valence-corrected chi connectivity index (χ2v) is 13.2. The van der Waals surface area contributed by atoms with Crippen LogP contribution in [0.3, 0.4) is 0 Å². The highest BCUT2D eigenvalue weighted by Gasteiger charge is 2.51. The van der Waals surface area contributed by atoms with E-state index in [2.05, 4.69) is 97.0 Å². The third-order valence-corrected chi connectivity index (χ3v) is 8.27. The van der Waals surface area contributed by atoms with E-state index in [9.17, 15) is 4.79 Å². The van der Waals surface area contributed by atoms with Crippen molar-refractivity contribution in [1.82, 2.24) is 5.01 Å². The van der Waals surface area contributed by atoms with Gasteiger partial charge in [0, 0.05) is 0 Å². The van der Waals surface area contributed by atoms with Crippen LogP contribution in [-0.4, -0.2) is 34.9 Å². The van der Waals surface area contributed by atoms with Gasteiger partial charge in [-0.1, -0.05) is 69.3 Å². The number of aryl methyl sites for hydroxylation is 1. The average molecular weight is 503 g/mol. The van der Waals surface area contributed by atoms with Crippen molar-refractivity contribution >= 4 is 24.2 Å². The SMILES string of the molecule is CC1(C)C(=O)N(Cc2ccc(C(C)(C)C)cc2)N=C1CCCc1ccc(B2OC(C)(C)C(C)(C)O2)cc1. The molecular weight excluding hydrogens is 459 g/mol. The number of benzene rings is 2. The van der Waals surface area contributed by atoms with Crippen LogP contribution in [0.25, 0.3) is 0 Å². The molecule has 0 bridgehead atoms. The maximum Gasteiger partial charge on any atom is 0.494 e. The van der Waals surface area contributed by atoms with Crippen LogP contribution in [0, 0.1) is 5.41 Å². The largest absolute Gasteiger partial charge is 0.494 e. The van der Waals surface area contributed by atoms with E-state index >= 15 is 0 Å². The molecule has 0 saturated carbocycles. The zero-order valence-corrected chi connectivity index (χ0v) is 24.1. The first kappa shape index (κ1) is 27.6. The monoisotopic (exact) mass is 502 g/mol. The van der Waals surface area contributed by atoms with Crippen molar-refractivity contribution in [3.8, 4) is 0 Å². The molecule has 1 saturated heterocycles. The number of carbonyl (C=O) groups excluding carboxylic acids is 1. The van der Waals surface area contributed by atoms with Crippen molar-refractivity contribution in [2.75, 3.05) is 0 Å². The van der Waals surface area contributed by atoms with Crippen molar-refractivity contribution in [3.05, 3.63) is 65.2 Å². The minimum atomic E-state index is -0.564. The minimum absolute atomic E-state index is 0.0779. The highest BCUT2D eigenvalue weighted by Crippen LogP contribution is 2.36. The Balaban J connectivity index is 1.34. The zero-order chi connectivity index (χ0) is 27.2. The van der Waals surface area contributed by atoms with Crippen LogP contribution in [0.1, 0.15) is 91.8 Å². The number of hydrazone groups is 1. The fourth-order valence-corrected chi connectivity index (χ4v) is 4.80. The first-order valence-corrected chi connectivity index (χ1v) is 13.5. The normalized spacial score (nSPS) is 20.5. The maximum absolute atomic E-state index is 13.1. The van der Waals surface area contributed by atoms with Crippen molar-refractivity contribution in [2.45, 2.75) is 105 Å². The quantitative estimate of drug-likeness (QED) is 0.435. The van der Waals surface area contributed by atoms with Crippen LogP contribution < -0.4 is 5.46 Å². The van der Waals surface area contributed by atoms with Gasteiger partial charge in [-0.05, 0) is 88.4 Å². The topological polar surface area (TPSA) is 51.1 Å². The number of hydrogen-bond acceptors (Lipinski definition) is 4. The van der Waals surface area contributed by atoms with E-state index in [1.807, 2.05) is 13.8 Å². The maximum atomic E-state index is 13.1. The van der Waals surface area contributed by atoms with Gasteiger partial charge < -0.3 is 9.31 Å². The summed E-state index contributed by atoms with van der Waals surface area (Å²) in [6.45, 7) is 19.4. The average Bonchev–Trinajstić information content (AvgIpc) is 3.16. The highest BCUT2D eigenvalue weighted by molar-refractivity contribution is 6.62. The van der Waals surface area contributed by atoms with Crippen LogP contribution in [0.5, 0.6) is 0 Å². The molecule has 4 rings (SSSR count). The molecule has 2 aromatic rings. The first-order chi connectivity index (χ1) is 17.1. The molecule has 1 amide bonds. The smallest absolute Gasteiger partial charge is 0.399 e. The summed E-state index contributed by atoms with van der Waals surface area (Å²) >= 11 is 0. The Hall–Kier alpha value is -2.44. The number of amides is 1. The number of nitrogens with zero attached hydrogens (tertiary/aromatic N) is 2. The molecule has 0 aliphatic carbocycles. The lowest BCUT2D eigenvalue weighted by Gasteiger charge is -2.32. The summed E-state index contributed by atoms with van der Waals surface area (Å²) in [5.74, 6) is 0.0779. The molecule has 2 aliphatic rings. The molecule has 1 fully saturated rings. The van der Waals surface area contributed by atoms with E-state index in [1.165, 1.54) is 11.1 Å². The Kier molecular flexibility index (Phi) is 7.24. The fraction of sp³-hybridized carbons (Fsp3) is 0.548. The number of rotatable bonds is 7. The molecule has 37 heavy (non-hydrogen) atoms. The van der Waals surface area contributed by atoms with Gasteiger partial charge in [-0.3, -0.25) is 4.79 Å². The number of carbonyl (C=O) groups is 1. The Morgan fingerprint density at radius 1 is 0.811 bits per heavy atom. The predicted octanol–water partition coefficient (Wildman–Crippen LogP) is 6.03. The van der Waals surface area contributed by atoms with E-state index in [1.54, 1.807) is 5.01 Å². The van der Waals surface area contributed by atoms with E-state index in [0.29, 0.717) is 6.54 Å². The molecule has 0 aromatic heterocycles. The van der Waals surface area contributed by atoms with Crippen molar-refractivity contribution < 1.29 is 14.1 Å². The third-order valence-electron chi connectivity index (χ3n) is 8.27. The Morgan fingerprint density at radius 2 is 1.35 bits per heavy atom. The van der Waals surface area contributed by atoms with Gasteiger partial charge in [0.2, 0.25) is 0 Å². The molecule has 0 N–H and O–H groups in total. The summed E-state index contributed by atoms with van der Waals surface area (Å²) in [6.07, 6.45) is 2.68. The molecule has 0 spiro atoms. The summed E-state index contributed by atoms with van der Waals surface area (Å²) in [7, 11) is -0.339. The van der Waals surface area contributed by atoms with Gasteiger partial charge >= 0.3 is 7.12 Å². The Bertz CT molecular complexity index is 1140. The number of hydrogen-bond donors (Lipinski definition) is 0. The van der Waals surface area contributed by atoms with Crippen LogP contribution in [0.2, 0.25) is 0 Å². The summed E-state index contributed by atoms with van der Waals surface area (Å²) in [6, 6.07) is 17.0. The van der Waals surface area contributed by atoms with Crippen molar-refractivity contribution in [3.63, 3.8) is 0 Å². The highest BCUT2D eigenvalue weighted by atomic mass is 16.7. The summed E-state index contributed by atoms with van der Waals surface area (Å²) in [4.78, 5) is 13.1. The van der Waals surface area contributed by atoms with Crippen LogP contribution in [0.4, 0.5) is 0 Å². The third kappa shape index (κ3) is 5.70. The van der Waals surface area contributed by atoms with E-state index in [0.717, 1.165) is 36.0 Å². The van der Waals surface area contributed by atoms with Gasteiger partial charge in [-0.15, -0.1) is 0 Å². The van der Waals surface area contributed by atoms with E-state index in [4.69, 9.17) is 14.4 Å². The molecule has 0 radical (unpaired) electrons. The summed E-state index contributed by atoms with van der Waals surface area (Å²) in [5, 5.41) is 6.43. The molecule has 5 nitrogen and oxygen atoms in total. The van der Waals surface area contributed by atoms with E-state index in [-0.39, 0.29) is 29.6 Å². The van der Waals surface area contributed by atoms with Crippen LogP contribution in [0.15, 0.2) is 53.6 Å². The molecule has 6 heteroatoms. The first-order valence-electron chi connectivity index (χ1n) is 13.5. The van der Waals surface area contributed by atoms with Gasteiger partial charge in [-0.25, -0.2) is 5.01 Å². The van der Waals surface area contributed by atoms with Crippen molar-refractivity contribution in [1.29, 1.82) is 0 Å². The fourth-order valence-electron chi connectivity index (χ4n) is 4.80. The molecule has 198 valence electrons. The Labute approximate surface area is 223 Å². The van der Waals surface area contributed by atoms with Gasteiger partial charge in [0.25, 0.3) is 5.91 Å². The molecule has 2 aliphatic heterocycles. The summed E-state index contributed by atoms with van der Waals surface area (Å²) < 4.78 is 12.3. The predicted molar refractivity (Wildman–Crippen MR) is 152 cm³/mol. The standard InChI is InChI=1S/C31H43BN2O3/c1-28(2,3)24-17-13-23(14-18-24)21-34-27(35)29(4,5)26(33-34)12-10-11-22-15-19-25(20-16-22)32-36-30(6,7)31(8,9)37-32/h13-20H,10-12,21H2,1-9H3. The van der Waals surface area contributed by atoms with Crippen molar-refractivity contribution in [2.24, 2.45) is 10.5 Å². The van der Waals surface area contributed by atoms with Crippen LogP contribution in [-0.2, 0) is 32.5 Å². The lowest BCUT2D eigenvalue weighted by molar-refractivity contribution is -0.135. The minimum Gasteiger partial charge on any atom is -0.399 e. The van der Waals surface area contributed by atoms with Crippen LogP contribution >= 0.6 is 0 Å². The lowest BCUT2D eigenvalue weighted by atomic mass is 9.78. The second kappa shape index (κ2) is 9.70.